The first-order chi connectivity index (χ1) is 17.7. The molecule has 1 aromatic rings. The second-order valence-corrected chi connectivity index (χ2v) is 9.97. The van der Waals surface area contributed by atoms with Crippen LogP contribution in [0.1, 0.15) is 47.5 Å². The molecule has 0 aromatic heterocycles. The zero-order valence-corrected chi connectivity index (χ0v) is 22.3. The van der Waals surface area contributed by atoms with Crippen LogP contribution in [0.15, 0.2) is 30.3 Å². The summed E-state index contributed by atoms with van der Waals surface area (Å²) in [5, 5.41) is 6.87. The summed E-state index contributed by atoms with van der Waals surface area (Å²) in [4.78, 5) is 63.9. The number of amides is 4. The number of carbonyl (C=O) groups excluding carboxylic acids is 5. The van der Waals surface area contributed by atoms with Crippen LogP contribution in [0.5, 0.6) is 5.75 Å². The van der Waals surface area contributed by atoms with Crippen LogP contribution >= 0.6 is 0 Å². The van der Waals surface area contributed by atoms with Crippen molar-refractivity contribution in [1.82, 2.24) is 20.9 Å². The van der Waals surface area contributed by atoms with Gasteiger partial charge in [0, 0.05) is 13.5 Å². The van der Waals surface area contributed by atoms with Gasteiger partial charge in [0.05, 0.1) is 12.6 Å². The van der Waals surface area contributed by atoms with Crippen LogP contribution in [0.2, 0.25) is 0 Å². The maximum atomic E-state index is 14.5. The Morgan fingerprint density at radius 3 is 2.16 bits per heavy atom. The SMILES string of the molecule is CC(=O)NCC(F)(F)C(=O)[C@@H](NC(=O)[C@@H]1CCCN1C(=O)[C@@H](NC(=O)Oc1ccccc1)C(C)C)C(C)C. The average molecular weight is 539 g/mol. The van der Waals surface area contributed by atoms with Gasteiger partial charge in [-0.05, 0) is 36.8 Å². The van der Waals surface area contributed by atoms with Crippen LogP contribution in [-0.2, 0) is 19.2 Å². The topological polar surface area (TPSA) is 134 Å². The molecule has 210 valence electrons. The highest BCUT2D eigenvalue weighted by atomic mass is 19.3. The number of nitrogens with one attached hydrogen (secondary N) is 3. The van der Waals surface area contributed by atoms with Crippen LogP contribution in [0.3, 0.4) is 0 Å². The third-order valence-electron chi connectivity index (χ3n) is 6.17. The first-order valence-corrected chi connectivity index (χ1v) is 12.6. The summed E-state index contributed by atoms with van der Waals surface area (Å²) < 4.78 is 34.1. The first kappa shape index (κ1) is 30.7. The third kappa shape index (κ3) is 8.22. The summed E-state index contributed by atoms with van der Waals surface area (Å²) in [6.45, 7) is 6.54. The van der Waals surface area contributed by atoms with E-state index in [4.69, 9.17) is 4.74 Å². The number of benzene rings is 1. The molecular formula is C26H36F2N4O6. The van der Waals surface area contributed by atoms with Crippen molar-refractivity contribution in [3.05, 3.63) is 30.3 Å². The average Bonchev–Trinajstić information content (AvgIpc) is 3.34. The lowest BCUT2D eigenvalue weighted by Crippen LogP contribution is -2.59. The molecule has 1 fully saturated rings. The molecule has 3 atom stereocenters. The predicted octanol–water partition coefficient (Wildman–Crippen LogP) is 2.27. The van der Waals surface area contributed by atoms with E-state index in [2.05, 4.69) is 10.6 Å². The van der Waals surface area contributed by atoms with Crippen molar-refractivity contribution in [3.63, 3.8) is 0 Å². The Morgan fingerprint density at radius 1 is 1.00 bits per heavy atom. The van der Waals surface area contributed by atoms with Gasteiger partial charge in [0.1, 0.15) is 17.8 Å². The Bertz CT molecular complexity index is 1020. The minimum atomic E-state index is -3.90. The fourth-order valence-electron chi connectivity index (χ4n) is 4.08. The van der Waals surface area contributed by atoms with E-state index < -0.39 is 66.1 Å². The number of ether oxygens (including phenoxy) is 1. The van der Waals surface area contributed by atoms with Gasteiger partial charge in [-0.25, -0.2) is 4.79 Å². The van der Waals surface area contributed by atoms with E-state index in [0.29, 0.717) is 6.42 Å². The Labute approximate surface area is 220 Å². The highest BCUT2D eigenvalue weighted by Gasteiger charge is 2.46. The lowest BCUT2D eigenvalue weighted by molar-refractivity contribution is -0.149. The van der Waals surface area contributed by atoms with E-state index in [-0.39, 0.29) is 24.6 Å². The molecule has 0 aliphatic carbocycles. The molecular weight excluding hydrogens is 502 g/mol. The lowest BCUT2D eigenvalue weighted by atomic mass is 9.95. The summed E-state index contributed by atoms with van der Waals surface area (Å²) in [6.07, 6.45) is -0.101. The van der Waals surface area contributed by atoms with Crippen molar-refractivity contribution in [3.8, 4) is 5.75 Å². The number of halogens is 2. The van der Waals surface area contributed by atoms with E-state index in [1.807, 2.05) is 5.32 Å². The first-order valence-electron chi connectivity index (χ1n) is 12.6. The third-order valence-corrected chi connectivity index (χ3v) is 6.17. The summed E-state index contributed by atoms with van der Waals surface area (Å²) in [5.74, 6) is -8.16. The second-order valence-electron chi connectivity index (χ2n) is 9.97. The molecule has 3 N–H and O–H groups in total. The number of alkyl halides is 2. The van der Waals surface area contributed by atoms with Gasteiger partial charge < -0.3 is 25.6 Å². The monoisotopic (exact) mass is 538 g/mol. The Hall–Kier alpha value is -3.57. The number of likely N-dealkylation sites (tertiary alicyclic amines) is 1. The van der Waals surface area contributed by atoms with Crippen molar-refractivity contribution in [2.75, 3.05) is 13.1 Å². The van der Waals surface area contributed by atoms with Gasteiger partial charge in [0.25, 0.3) is 0 Å². The molecule has 1 saturated heterocycles. The summed E-state index contributed by atoms with van der Waals surface area (Å²) in [7, 11) is 0. The van der Waals surface area contributed by atoms with Crippen molar-refractivity contribution in [2.45, 2.75) is 71.5 Å². The quantitative estimate of drug-likeness (QED) is 0.396. The van der Waals surface area contributed by atoms with Gasteiger partial charge in [-0.2, -0.15) is 8.78 Å². The number of hydrogen-bond donors (Lipinski definition) is 3. The van der Waals surface area contributed by atoms with E-state index in [1.165, 1.54) is 18.7 Å². The molecule has 0 radical (unpaired) electrons. The smallest absolute Gasteiger partial charge is 0.410 e. The normalized spacial score (nSPS) is 17.1. The van der Waals surface area contributed by atoms with Gasteiger partial charge in [-0.3, -0.25) is 19.2 Å². The van der Waals surface area contributed by atoms with Crippen molar-refractivity contribution in [2.24, 2.45) is 11.8 Å². The van der Waals surface area contributed by atoms with Crippen molar-refractivity contribution >= 4 is 29.6 Å². The molecule has 1 heterocycles. The zero-order valence-electron chi connectivity index (χ0n) is 22.3. The molecule has 1 aromatic carbocycles. The summed E-state index contributed by atoms with van der Waals surface area (Å²) >= 11 is 0. The Kier molecular flexibility index (Phi) is 10.7. The van der Waals surface area contributed by atoms with Gasteiger partial charge in [-0.15, -0.1) is 0 Å². The zero-order chi connectivity index (χ0) is 28.6. The molecule has 0 unspecified atom stereocenters. The predicted molar refractivity (Wildman–Crippen MR) is 134 cm³/mol. The molecule has 12 heteroatoms. The number of hydrogen-bond acceptors (Lipinski definition) is 6. The molecule has 38 heavy (non-hydrogen) atoms. The lowest BCUT2D eigenvalue weighted by Gasteiger charge is -2.32. The van der Waals surface area contributed by atoms with Crippen molar-refractivity contribution in [1.29, 1.82) is 0 Å². The van der Waals surface area contributed by atoms with Crippen LogP contribution in [-0.4, -0.2) is 71.6 Å². The number of rotatable bonds is 11. The van der Waals surface area contributed by atoms with E-state index in [1.54, 1.807) is 44.2 Å². The molecule has 1 aliphatic rings. The Morgan fingerprint density at radius 2 is 1.61 bits per heavy atom. The number of carbonyl (C=O) groups is 5. The van der Waals surface area contributed by atoms with Gasteiger partial charge >= 0.3 is 12.0 Å². The fraction of sp³-hybridized carbons (Fsp3) is 0.577. The van der Waals surface area contributed by atoms with E-state index >= 15 is 0 Å². The molecule has 1 aliphatic heterocycles. The molecule has 0 saturated carbocycles. The van der Waals surface area contributed by atoms with Crippen LogP contribution in [0, 0.1) is 11.8 Å². The van der Waals surface area contributed by atoms with Crippen LogP contribution < -0.4 is 20.7 Å². The standard InChI is InChI=1S/C26H36F2N4O6/c1-15(2)20(22(34)26(27,28)14-29-17(5)33)30-23(35)19-12-9-13-32(19)24(36)21(16(3)4)31-25(37)38-18-10-7-6-8-11-18/h6-8,10-11,15-16,19-21H,9,12-14H2,1-5H3,(H,29,33)(H,30,35)(H,31,37)/t19-,20-,21-/m0/s1. The largest absolute Gasteiger partial charge is 0.413 e. The fourth-order valence-corrected chi connectivity index (χ4v) is 4.08. The second kappa shape index (κ2) is 13.3. The minimum Gasteiger partial charge on any atom is -0.410 e. The molecule has 2 rings (SSSR count). The van der Waals surface area contributed by atoms with Crippen LogP contribution in [0.4, 0.5) is 13.6 Å². The maximum absolute atomic E-state index is 14.5. The molecule has 10 nitrogen and oxygen atoms in total. The van der Waals surface area contributed by atoms with Crippen LogP contribution in [0.25, 0.3) is 0 Å². The van der Waals surface area contributed by atoms with E-state index in [9.17, 15) is 32.8 Å². The number of Topliss-reactive ketones (excluding diaryl/α,β-unsaturated/α-hetero) is 1. The van der Waals surface area contributed by atoms with Gasteiger partial charge in [0.2, 0.25) is 23.5 Å². The molecule has 4 amide bonds. The summed E-state index contributed by atoms with van der Waals surface area (Å²) in [6, 6.07) is 4.74. The van der Waals surface area contributed by atoms with E-state index in [0.717, 1.165) is 6.92 Å². The highest BCUT2D eigenvalue weighted by Crippen LogP contribution is 2.23. The minimum absolute atomic E-state index is 0.217. The maximum Gasteiger partial charge on any atom is 0.413 e. The number of ketones is 1. The summed E-state index contributed by atoms with van der Waals surface area (Å²) in [5.41, 5.74) is 0. The molecule has 0 bridgehead atoms. The number of nitrogens with zero attached hydrogens (tertiary/aromatic N) is 1. The molecule has 0 spiro atoms. The van der Waals surface area contributed by atoms with Gasteiger partial charge in [-0.1, -0.05) is 45.9 Å². The van der Waals surface area contributed by atoms with Gasteiger partial charge in [0.15, 0.2) is 0 Å². The number of para-hydroxylation sites is 1. The van der Waals surface area contributed by atoms with Crippen molar-refractivity contribution < 1.29 is 37.5 Å². The Balaban J connectivity index is 2.13. The highest BCUT2D eigenvalue weighted by molar-refractivity contribution is 5.97.